The summed E-state index contributed by atoms with van der Waals surface area (Å²) in [6.07, 6.45) is 2.46. The van der Waals surface area contributed by atoms with Gasteiger partial charge in [0.25, 0.3) is 0 Å². The van der Waals surface area contributed by atoms with Crippen LogP contribution in [0.2, 0.25) is 0 Å². The average Bonchev–Trinajstić information content (AvgIpc) is 3.17. The second kappa shape index (κ2) is 5.40. The van der Waals surface area contributed by atoms with Gasteiger partial charge in [-0.05, 0) is 18.9 Å². The summed E-state index contributed by atoms with van der Waals surface area (Å²) in [6.45, 7) is 8.74. The highest BCUT2D eigenvalue weighted by Gasteiger charge is 2.67. The van der Waals surface area contributed by atoms with Crippen molar-refractivity contribution in [3.63, 3.8) is 0 Å². The molecule has 3 fully saturated rings. The summed E-state index contributed by atoms with van der Waals surface area (Å²) in [4.78, 5) is 27.4. The SMILES string of the molecule is C=C1C(=O)O[C@@H]2CCN3CC=C(COC(=O)[C@](C)(O)[C@]4(CO4)[C@H]1C)[C@H]23. The van der Waals surface area contributed by atoms with Gasteiger partial charge in [-0.1, -0.05) is 19.6 Å². The Bertz CT molecular complexity index is 677. The minimum atomic E-state index is -1.87. The van der Waals surface area contributed by atoms with Crippen molar-refractivity contribution in [2.45, 2.75) is 43.6 Å². The first-order valence-electron chi connectivity index (χ1n) is 8.64. The van der Waals surface area contributed by atoms with Crippen LogP contribution in [0.3, 0.4) is 0 Å². The molecule has 4 rings (SSSR count). The van der Waals surface area contributed by atoms with E-state index in [-0.39, 0.29) is 30.9 Å². The highest BCUT2D eigenvalue weighted by atomic mass is 16.6. The minimum absolute atomic E-state index is 0.0737. The molecule has 0 unspecified atom stereocenters. The maximum Gasteiger partial charge on any atom is 0.341 e. The van der Waals surface area contributed by atoms with Gasteiger partial charge in [-0.3, -0.25) is 4.90 Å². The first kappa shape index (κ1) is 16.8. The molecule has 1 spiro atoms. The summed E-state index contributed by atoms with van der Waals surface area (Å²) < 4.78 is 16.6. The van der Waals surface area contributed by atoms with E-state index in [9.17, 15) is 14.7 Å². The lowest BCUT2D eigenvalue weighted by Gasteiger charge is -2.34. The van der Waals surface area contributed by atoms with Crippen molar-refractivity contribution in [3.05, 3.63) is 23.8 Å². The topological polar surface area (TPSA) is 88.6 Å². The largest absolute Gasteiger partial charge is 0.459 e. The number of rotatable bonds is 0. The molecule has 0 bridgehead atoms. The molecular weight excluding hydrogens is 326 g/mol. The average molecular weight is 349 g/mol. The van der Waals surface area contributed by atoms with Gasteiger partial charge in [0.15, 0.2) is 5.60 Å². The second-order valence-electron chi connectivity index (χ2n) is 7.52. The quantitative estimate of drug-likeness (QED) is 0.289. The predicted molar refractivity (Wildman–Crippen MR) is 86.5 cm³/mol. The summed E-state index contributed by atoms with van der Waals surface area (Å²) in [7, 11) is 0. The van der Waals surface area contributed by atoms with Gasteiger partial charge in [0.05, 0.1) is 12.6 Å². The van der Waals surface area contributed by atoms with Crippen LogP contribution in [-0.4, -0.2) is 71.6 Å². The Kier molecular flexibility index (Phi) is 3.62. The number of hydrogen-bond donors (Lipinski definition) is 1. The van der Waals surface area contributed by atoms with Gasteiger partial charge < -0.3 is 19.3 Å². The Hall–Kier alpha value is -1.70. The number of nitrogens with zero attached hydrogens (tertiary/aromatic N) is 1. The standard InChI is InChI=1S/C18H23NO6/c1-10-11(2)18(9-24-18)17(3,22)16(21)23-8-12-4-6-19-7-5-13(14(12)19)25-15(10)20/h4,11,13-14,22H,1,5-9H2,2-3H3/t11-,13+,14+,17-,18-/m0/s1. The number of carbonyl (C=O) groups excluding carboxylic acids is 2. The Morgan fingerprint density at radius 2 is 2.12 bits per heavy atom. The molecule has 3 saturated heterocycles. The first-order chi connectivity index (χ1) is 11.8. The van der Waals surface area contributed by atoms with Crippen molar-refractivity contribution < 1.29 is 28.9 Å². The summed E-state index contributed by atoms with van der Waals surface area (Å²) in [5.74, 6) is -1.81. The predicted octanol–water partition coefficient (Wildman–Crippen LogP) is 0.182. The third-order valence-electron chi connectivity index (χ3n) is 6.20. The van der Waals surface area contributed by atoms with Crippen molar-refractivity contribution in [2.75, 3.05) is 26.3 Å². The molecule has 4 aliphatic heterocycles. The molecule has 5 atom stereocenters. The van der Waals surface area contributed by atoms with Gasteiger partial charge in [-0.15, -0.1) is 0 Å². The fourth-order valence-corrected chi connectivity index (χ4v) is 4.29. The van der Waals surface area contributed by atoms with Crippen LogP contribution in [0.1, 0.15) is 20.3 Å². The third-order valence-corrected chi connectivity index (χ3v) is 6.20. The van der Waals surface area contributed by atoms with E-state index >= 15 is 0 Å². The molecular formula is C18H23NO6. The van der Waals surface area contributed by atoms with Crippen LogP contribution in [0.5, 0.6) is 0 Å². The molecule has 0 aliphatic carbocycles. The maximum atomic E-state index is 12.6. The Morgan fingerprint density at radius 3 is 2.80 bits per heavy atom. The molecule has 7 nitrogen and oxygen atoms in total. The Balaban J connectivity index is 1.69. The van der Waals surface area contributed by atoms with Crippen molar-refractivity contribution in [2.24, 2.45) is 5.92 Å². The second-order valence-corrected chi connectivity index (χ2v) is 7.52. The summed E-state index contributed by atoms with van der Waals surface area (Å²) in [5.41, 5.74) is -1.97. The molecule has 0 aromatic heterocycles. The molecule has 0 radical (unpaired) electrons. The molecule has 4 aliphatic rings. The number of hydrogen-bond acceptors (Lipinski definition) is 7. The fourth-order valence-electron chi connectivity index (χ4n) is 4.29. The molecule has 4 heterocycles. The van der Waals surface area contributed by atoms with E-state index in [1.165, 1.54) is 6.92 Å². The van der Waals surface area contributed by atoms with Crippen LogP contribution in [0, 0.1) is 5.92 Å². The van der Waals surface area contributed by atoms with Gasteiger partial charge in [-0.25, -0.2) is 9.59 Å². The van der Waals surface area contributed by atoms with Gasteiger partial charge >= 0.3 is 11.9 Å². The molecule has 0 amide bonds. The van der Waals surface area contributed by atoms with Crippen LogP contribution in [0.25, 0.3) is 0 Å². The van der Waals surface area contributed by atoms with E-state index in [1.807, 2.05) is 6.08 Å². The van der Waals surface area contributed by atoms with E-state index in [2.05, 4.69) is 11.5 Å². The molecule has 25 heavy (non-hydrogen) atoms. The van der Waals surface area contributed by atoms with E-state index in [0.717, 1.165) is 25.1 Å². The van der Waals surface area contributed by atoms with E-state index in [4.69, 9.17) is 14.2 Å². The zero-order chi connectivity index (χ0) is 18.0. The minimum Gasteiger partial charge on any atom is -0.459 e. The smallest absolute Gasteiger partial charge is 0.341 e. The Morgan fingerprint density at radius 1 is 1.40 bits per heavy atom. The number of epoxide rings is 1. The van der Waals surface area contributed by atoms with Gasteiger partial charge in [0, 0.05) is 24.6 Å². The summed E-state index contributed by atoms with van der Waals surface area (Å²) >= 11 is 0. The van der Waals surface area contributed by atoms with E-state index < -0.39 is 29.1 Å². The Labute approximate surface area is 146 Å². The number of cyclic esters (lactones) is 1. The van der Waals surface area contributed by atoms with Gasteiger partial charge in [0.1, 0.15) is 18.3 Å². The third kappa shape index (κ3) is 2.29. The van der Waals surface area contributed by atoms with E-state index in [1.54, 1.807) is 6.92 Å². The van der Waals surface area contributed by atoms with Crippen LogP contribution in [0.4, 0.5) is 0 Å². The normalized spacial score (nSPS) is 44.5. The highest BCUT2D eigenvalue weighted by molar-refractivity contribution is 5.90. The molecule has 0 saturated carbocycles. The lowest BCUT2D eigenvalue weighted by Crippen LogP contribution is -2.55. The monoisotopic (exact) mass is 349 g/mol. The molecule has 7 heteroatoms. The van der Waals surface area contributed by atoms with Crippen LogP contribution in [0.15, 0.2) is 23.8 Å². The molecule has 0 aromatic carbocycles. The molecule has 1 N–H and O–H groups in total. The number of carbonyl (C=O) groups is 2. The number of ether oxygens (including phenoxy) is 3. The van der Waals surface area contributed by atoms with Crippen molar-refractivity contribution in [3.8, 4) is 0 Å². The zero-order valence-corrected chi connectivity index (χ0v) is 14.5. The summed E-state index contributed by atoms with van der Waals surface area (Å²) in [5, 5.41) is 10.8. The van der Waals surface area contributed by atoms with Gasteiger partial charge in [-0.2, -0.15) is 0 Å². The lowest BCUT2D eigenvalue weighted by molar-refractivity contribution is -0.173. The van der Waals surface area contributed by atoms with Crippen molar-refractivity contribution in [1.29, 1.82) is 0 Å². The highest BCUT2D eigenvalue weighted by Crippen LogP contribution is 2.48. The van der Waals surface area contributed by atoms with Crippen LogP contribution < -0.4 is 0 Å². The van der Waals surface area contributed by atoms with Crippen molar-refractivity contribution >= 4 is 11.9 Å². The van der Waals surface area contributed by atoms with E-state index in [0.29, 0.717) is 0 Å². The fraction of sp³-hybridized carbons (Fsp3) is 0.667. The number of esters is 2. The number of aliphatic hydroxyl groups is 1. The molecule has 136 valence electrons. The van der Waals surface area contributed by atoms with Crippen LogP contribution >= 0.6 is 0 Å². The lowest BCUT2D eigenvalue weighted by atomic mass is 9.76. The van der Waals surface area contributed by atoms with Crippen LogP contribution in [-0.2, 0) is 23.8 Å². The van der Waals surface area contributed by atoms with Crippen molar-refractivity contribution in [1.82, 2.24) is 4.90 Å². The van der Waals surface area contributed by atoms with Gasteiger partial charge in [0.2, 0.25) is 0 Å². The maximum absolute atomic E-state index is 12.6. The first-order valence-corrected chi connectivity index (χ1v) is 8.64. The zero-order valence-electron chi connectivity index (χ0n) is 14.5. The molecule has 0 aromatic rings. The summed E-state index contributed by atoms with van der Waals surface area (Å²) in [6, 6.07) is -0.0737.